The molecule has 1 N–H and O–H groups in total. The minimum absolute atomic E-state index is 0.0882. The number of nitrogens with one attached hydrogen (secondary N) is 1. The molecule has 0 atom stereocenters. The summed E-state index contributed by atoms with van der Waals surface area (Å²) in [5.41, 5.74) is 3.15. The highest BCUT2D eigenvalue weighted by Crippen LogP contribution is 2.28. The number of thiophene rings is 1. The number of hydrogen-bond donors (Lipinski definition) is 1. The number of hydrogen-bond acceptors (Lipinski definition) is 3. The number of aromatic nitrogens is 1. The molecule has 0 aliphatic heterocycles. The van der Waals surface area contributed by atoms with E-state index in [2.05, 4.69) is 44.0 Å². The summed E-state index contributed by atoms with van der Waals surface area (Å²) in [7, 11) is 0. The highest BCUT2D eigenvalue weighted by atomic mass is 79.9. The summed E-state index contributed by atoms with van der Waals surface area (Å²) in [4.78, 5) is 13.6. The second-order valence-electron chi connectivity index (χ2n) is 6.79. The van der Waals surface area contributed by atoms with Gasteiger partial charge in [0.25, 0.3) is 5.91 Å². The Labute approximate surface area is 187 Å². The lowest BCUT2D eigenvalue weighted by Crippen LogP contribution is -2.23. The molecule has 0 saturated carbocycles. The molecule has 0 unspecified atom stereocenters. The zero-order valence-corrected chi connectivity index (χ0v) is 18.4. The van der Waals surface area contributed by atoms with E-state index in [9.17, 15) is 10.1 Å². The van der Waals surface area contributed by atoms with E-state index in [-0.39, 0.29) is 11.5 Å². The SMILES string of the molecule is N#C/C(=C\c1cn(Cc2ccccc2)c2ccc(Br)cc12)C(=O)NCc1cccs1. The maximum atomic E-state index is 12.6. The number of amides is 1. The first-order valence-corrected chi connectivity index (χ1v) is 11.1. The standard InChI is InChI=1S/C24H18BrN3OS/c25-20-8-9-23-22(12-20)19(16-28(23)15-17-5-2-1-3-6-17)11-18(13-26)24(29)27-14-21-7-4-10-30-21/h1-12,16H,14-15H2,(H,27,29)/b18-11+. The van der Waals surface area contributed by atoms with Crippen LogP contribution >= 0.6 is 27.3 Å². The Kier molecular flexibility index (Phi) is 6.12. The summed E-state index contributed by atoms with van der Waals surface area (Å²) in [5, 5.41) is 15.4. The fraction of sp³-hybridized carbons (Fsp3) is 0.0833. The van der Waals surface area contributed by atoms with E-state index in [0.717, 1.165) is 25.8 Å². The maximum absolute atomic E-state index is 12.6. The van der Waals surface area contributed by atoms with Crippen molar-refractivity contribution in [2.24, 2.45) is 0 Å². The van der Waals surface area contributed by atoms with Gasteiger partial charge in [0.1, 0.15) is 11.6 Å². The van der Waals surface area contributed by atoms with Gasteiger partial charge in [-0.1, -0.05) is 52.3 Å². The van der Waals surface area contributed by atoms with Crippen LogP contribution in [0.2, 0.25) is 0 Å². The number of nitrogens with zero attached hydrogens (tertiary/aromatic N) is 2. The summed E-state index contributed by atoms with van der Waals surface area (Å²) in [6.45, 7) is 1.12. The molecule has 1 amide bonds. The molecule has 0 fully saturated rings. The molecule has 0 aliphatic carbocycles. The van der Waals surface area contributed by atoms with Crippen molar-refractivity contribution >= 4 is 50.2 Å². The Hall–Kier alpha value is -3.14. The van der Waals surface area contributed by atoms with Gasteiger partial charge in [-0.05, 0) is 41.3 Å². The highest BCUT2D eigenvalue weighted by molar-refractivity contribution is 9.10. The average Bonchev–Trinajstić information content (AvgIpc) is 3.39. The zero-order chi connectivity index (χ0) is 20.9. The van der Waals surface area contributed by atoms with Gasteiger partial charge >= 0.3 is 0 Å². The number of nitriles is 1. The maximum Gasteiger partial charge on any atom is 0.262 e. The molecule has 2 aromatic heterocycles. The number of fused-ring (bicyclic) bond motifs is 1. The smallest absolute Gasteiger partial charge is 0.262 e. The van der Waals surface area contributed by atoms with Gasteiger partial charge in [-0.3, -0.25) is 4.79 Å². The Morgan fingerprint density at radius 3 is 2.73 bits per heavy atom. The molecule has 0 radical (unpaired) electrons. The molecule has 0 spiro atoms. The Bertz CT molecular complexity index is 1250. The topological polar surface area (TPSA) is 57.8 Å². The van der Waals surface area contributed by atoms with Crippen molar-refractivity contribution in [1.82, 2.24) is 9.88 Å². The quantitative estimate of drug-likeness (QED) is 0.285. The molecule has 6 heteroatoms. The van der Waals surface area contributed by atoms with Crippen LogP contribution in [0, 0.1) is 11.3 Å². The third-order valence-electron chi connectivity index (χ3n) is 4.74. The Balaban J connectivity index is 1.67. The van der Waals surface area contributed by atoms with Gasteiger partial charge in [0, 0.05) is 38.6 Å². The summed E-state index contributed by atoms with van der Waals surface area (Å²) < 4.78 is 3.09. The van der Waals surface area contributed by atoms with Crippen molar-refractivity contribution < 1.29 is 4.79 Å². The first-order valence-electron chi connectivity index (χ1n) is 9.39. The molecule has 4 aromatic rings. The van der Waals surface area contributed by atoms with Crippen LogP contribution in [0.5, 0.6) is 0 Å². The molecule has 0 saturated heterocycles. The molecule has 4 rings (SSSR count). The van der Waals surface area contributed by atoms with Crippen LogP contribution in [0.15, 0.2) is 82.3 Å². The third-order valence-corrected chi connectivity index (χ3v) is 6.11. The van der Waals surface area contributed by atoms with Crippen LogP contribution in [0.25, 0.3) is 17.0 Å². The molecule has 0 aliphatic rings. The summed E-state index contributed by atoms with van der Waals surface area (Å²) in [6, 6.07) is 22.2. The van der Waals surface area contributed by atoms with E-state index in [1.807, 2.05) is 60.1 Å². The molecule has 4 nitrogen and oxygen atoms in total. The molecular formula is C24H18BrN3OS. The third kappa shape index (κ3) is 4.54. The van der Waals surface area contributed by atoms with E-state index in [1.165, 1.54) is 5.56 Å². The minimum Gasteiger partial charge on any atom is -0.347 e. The van der Waals surface area contributed by atoms with E-state index in [0.29, 0.717) is 13.1 Å². The molecule has 148 valence electrons. The fourth-order valence-electron chi connectivity index (χ4n) is 3.30. The number of carbonyl (C=O) groups is 1. The van der Waals surface area contributed by atoms with Gasteiger partial charge in [-0.15, -0.1) is 11.3 Å². The van der Waals surface area contributed by atoms with Gasteiger partial charge in [-0.2, -0.15) is 5.26 Å². The fourth-order valence-corrected chi connectivity index (χ4v) is 4.31. The number of rotatable bonds is 6. The number of carbonyl (C=O) groups excluding carboxylic acids is 1. The predicted molar refractivity (Wildman–Crippen MR) is 125 cm³/mol. The van der Waals surface area contributed by atoms with Gasteiger partial charge in [0.2, 0.25) is 0 Å². The van der Waals surface area contributed by atoms with Crippen LogP contribution in [0.4, 0.5) is 0 Å². The highest BCUT2D eigenvalue weighted by Gasteiger charge is 2.13. The number of benzene rings is 2. The van der Waals surface area contributed by atoms with Gasteiger partial charge in [0.05, 0.1) is 6.54 Å². The second kappa shape index (κ2) is 9.12. The van der Waals surface area contributed by atoms with E-state index >= 15 is 0 Å². The van der Waals surface area contributed by atoms with Crippen LogP contribution in [-0.4, -0.2) is 10.5 Å². The zero-order valence-electron chi connectivity index (χ0n) is 16.0. The molecule has 30 heavy (non-hydrogen) atoms. The van der Waals surface area contributed by atoms with E-state index < -0.39 is 0 Å². The first kappa shape index (κ1) is 20.1. The normalized spacial score (nSPS) is 11.4. The van der Waals surface area contributed by atoms with Crippen molar-refractivity contribution in [2.45, 2.75) is 13.1 Å². The van der Waals surface area contributed by atoms with Crippen LogP contribution in [-0.2, 0) is 17.9 Å². The molecule has 0 bridgehead atoms. The van der Waals surface area contributed by atoms with Crippen LogP contribution in [0.3, 0.4) is 0 Å². The van der Waals surface area contributed by atoms with Crippen molar-refractivity contribution in [3.05, 3.63) is 98.3 Å². The van der Waals surface area contributed by atoms with Crippen molar-refractivity contribution in [1.29, 1.82) is 5.26 Å². The summed E-state index contributed by atoms with van der Waals surface area (Å²) >= 11 is 5.10. The van der Waals surface area contributed by atoms with Crippen LogP contribution < -0.4 is 5.32 Å². The number of halogens is 1. The molecular weight excluding hydrogens is 458 g/mol. The second-order valence-corrected chi connectivity index (χ2v) is 8.74. The van der Waals surface area contributed by atoms with Crippen molar-refractivity contribution in [3.63, 3.8) is 0 Å². The lowest BCUT2D eigenvalue weighted by molar-refractivity contribution is -0.117. The van der Waals surface area contributed by atoms with E-state index in [1.54, 1.807) is 17.4 Å². The Morgan fingerprint density at radius 2 is 2.00 bits per heavy atom. The van der Waals surface area contributed by atoms with Gasteiger partial charge < -0.3 is 9.88 Å². The summed E-state index contributed by atoms with van der Waals surface area (Å²) in [5.74, 6) is -0.371. The monoisotopic (exact) mass is 475 g/mol. The largest absolute Gasteiger partial charge is 0.347 e. The van der Waals surface area contributed by atoms with Crippen LogP contribution in [0.1, 0.15) is 16.0 Å². The lowest BCUT2D eigenvalue weighted by Gasteiger charge is -2.05. The minimum atomic E-state index is -0.371. The van der Waals surface area contributed by atoms with E-state index in [4.69, 9.17) is 0 Å². The average molecular weight is 476 g/mol. The van der Waals surface area contributed by atoms with Crippen molar-refractivity contribution in [3.8, 4) is 6.07 Å². The lowest BCUT2D eigenvalue weighted by atomic mass is 10.1. The Morgan fingerprint density at radius 1 is 1.17 bits per heavy atom. The van der Waals surface area contributed by atoms with Gasteiger partial charge in [0.15, 0.2) is 0 Å². The molecule has 2 heterocycles. The van der Waals surface area contributed by atoms with Gasteiger partial charge in [-0.25, -0.2) is 0 Å². The predicted octanol–water partition coefficient (Wildman–Crippen LogP) is 5.74. The molecule has 2 aromatic carbocycles. The van der Waals surface area contributed by atoms with Crippen molar-refractivity contribution in [2.75, 3.05) is 0 Å². The summed E-state index contributed by atoms with van der Waals surface area (Å²) in [6.07, 6.45) is 3.66. The first-order chi connectivity index (χ1) is 14.6.